The second kappa shape index (κ2) is 22.0. The van der Waals surface area contributed by atoms with E-state index in [1.165, 1.54) is 46.6 Å². The van der Waals surface area contributed by atoms with Crippen LogP contribution in [0.5, 0.6) is 46.0 Å². The zero-order valence-electron chi connectivity index (χ0n) is 30.5. The maximum atomic E-state index is 10.8. The molecule has 14 heteroatoms. The van der Waals surface area contributed by atoms with Crippen LogP contribution >= 0.6 is 31.9 Å². The van der Waals surface area contributed by atoms with Crippen molar-refractivity contribution in [3.8, 4) is 46.0 Å². The van der Waals surface area contributed by atoms with Crippen LogP contribution in [0.4, 0.5) is 0 Å². The molecule has 0 unspecified atom stereocenters. The highest BCUT2D eigenvalue weighted by atomic mass is 79.9. The average Bonchev–Trinajstić information content (AvgIpc) is 3.15. The number of aryl methyl sites for hydroxylation is 2. The molecule has 0 saturated heterocycles. The Bertz CT molecular complexity index is 1870. The Morgan fingerprint density at radius 3 is 1.27 bits per heavy atom. The minimum absolute atomic E-state index is 0.0108. The molecule has 2 N–H and O–H groups in total. The van der Waals surface area contributed by atoms with Gasteiger partial charge in [0, 0.05) is 11.1 Å². The van der Waals surface area contributed by atoms with Gasteiger partial charge in [0.25, 0.3) is 0 Å². The molecule has 12 nitrogen and oxygen atoms in total. The fourth-order valence-electron chi connectivity index (χ4n) is 4.43. The summed E-state index contributed by atoms with van der Waals surface area (Å²) in [7, 11) is 9.24. The van der Waals surface area contributed by atoms with E-state index in [4.69, 9.17) is 28.4 Å². The second-order valence-corrected chi connectivity index (χ2v) is 12.1. The SMILES string of the molecule is COc1cc(C=O)c(O)c(Br)c1C.COc1cc(C=O)c(O)cc1C.COc1cc(C=O)c(OC)c(Br)c1C.COc1cc(C=O)c(OC)cc1C. The molecule has 280 valence electrons. The van der Waals surface area contributed by atoms with Gasteiger partial charge in [-0.3, -0.25) is 19.2 Å². The molecule has 0 aromatic heterocycles. The van der Waals surface area contributed by atoms with Gasteiger partial charge in [0.15, 0.2) is 25.1 Å². The van der Waals surface area contributed by atoms with E-state index in [1.807, 2.05) is 13.8 Å². The van der Waals surface area contributed by atoms with Gasteiger partial charge in [-0.25, -0.2) is 0 Å². The minimum Gasteiger partial charge on any atom is -0.507 e. The molecule has 52 heavy (non-hydrogen) atoms. The van der Waals surface area contributed by atoms with Crippen LogP contribution in [0.2, 0.25) is 0 Å². The van der Waals surface area contributed by atoms with Crippen LogP contribution < -0.4 is 28.4 Å². The van der Waals surface area contributed by atoms with E-state index in [0.717, 1.165) is 39.3 Å². The van der Waals surface area contributed by atoms with Crippen LogP contribution in [-0.2, 0) is 0 Å². The van der Waals surface area contributed by atoms with Gasteiger partial charge < -0.3 is 38.6 Å². The molecule has 0 aliphatic rings. The zero-order valence-corrected chi connectivity index (χ0v) is 33.7. The van der Waals surface area contributed by atoms with Crippen LogP contribution in [-0.4, -0.2) is 78.0 Å². The number of methoxy groups -OCH3 is 6. The van der Waals surface area contributed by atoms with Crippen molar-refractivity contribution >= 4 is 57.0 Å². The Kier molecular flexibility index (Phi) is 19.0. The Morgan fingerprint density at radius 1 is 0.462 bits per heavy atom. The molecule has 0 fully saturated rings. The summed E-state index contributed by atoms with van der Waals surface area (Å²) in [4.78, 5) is 42.3. The summed E-state index contributed by atoms with van der Waals surface area (Å²) in [6.07, 6.45) is 2.67. The van der Waals surface area contributed by atoms with Crippen LogP contribution in [0.25, 0.3) is 0 Å². The summed E-state index contributed by atoms with van der Waals surface area (Å²) in [6, 6.07) is 9.62. The van der Waals surface area contributed by atoms with Gasteiger partial charge in [-0.15, -0.1) is 0 Å². The molecule has 0 radical (unpaired) electrons. The Hall–Kier alpha value is -5.08. The summed E-state index contributed by atoms with van der Waals surface area (Å²) >= 11 is 6.53. The molecule has 0 spiro atoms. The summed E-state index contributed by atoms with van der Waals surface area (Å²) in [6.45, 7) is 7.38. The first-order valence-electron chi connectivity index (χ1n) is 15.1. The molecule has 0 atom stereocenters. The number of carbonyl (C=O) groups excluding carboxylic acids is 4. The average molecular weight is 851 g/mol. The van der Waals surface area contributed by atoms with Gasteiger partial charge in [0.05, 0.1) is 73.9 Å². The van der Waals surface area contributed by atoms with Gasteiger partial charge in [0.2, 0.25) is 0 Å². The smallest absolute Gasteiger partial charge is 0.153 e. The third-order valence-corrected chi connectivity index (χ3v) is 9.28. The van der Waals surface area contributed by atoms with E-state index in [-0.39, 0.29) is 22.6 Å². The van der Waals surface area contributed by atoms with Crippen LogP contribution in [0.15, 0.2) is 45.3 Å². The monoisotopic (exact) mass is 848 g/mol. The number of benzene rings is 4. The van der Waals surface area contributed by atoms with Crippen LogP contribution in [0.3, 0.4) is 0 Å². The van der Waals surface area contributed by atoms with E-state index >= 15 is 0 Å². The second-order valence-electron chi connectivity index (χ2n) is 10.5. The number of phenols is 2. The Balaban J connectivity index is 0.000000347. The highest BCUT2D eigenvalue weighted by Gasteiger charge is 2.15. The molecule has 0 bridgehead atoms. The summed E-state index contributed by atoms with van der Waals surface area (Å²) < 4.78 is 31.6. The lowest BCUT2D eigenvalue weighted by Crippen LogP contribution is -1.97. The zero-order chi connectivity index (χ0) is 39.7. The summed E-state index contributed by atoms with van der Waals surface area (Å²) in [5, 5.41) is 18.7. The quantitative estimate of drug-likeness (QED) is 0.147. The van der Waals surface area contributed by atoms with Gasteiger partial charge in [-0.05, 0) is 107 Å². The number of halogens is 2. The molecule has 0 amide bonds. The maximum absolute atomic E-state index is 10.8. The number of ether oxygens (including phenoxy) is 6. The van der Waals surface area contributed by atoms with Gasteiger partial charge in [-0.1, -0.05) is 0 Å². The lowest BCUT2D eigenvalue weighted by molar-refractivity contribution is 0.111. The number of rotatable bonds is 10. The molecular formula is C38H42Br2O12. The molecule has 0 aliphatic carbocycles. The maximum Gasteiger partial charge on any atom is 0.153 e. The highest BCUT2D eigenvalue weighted by Crippen LogP contribution is 2.38. The van der Waals surface area contributed by atoms with Gasteiger partial charge in [-0.2, -0.15) is 0 Å². The third kappa shape index (κ3) is 11.5. The lowest BCUT2D eigenvalue weighted by Gasteiger charge is -2.12. The number of hydrogen-bond donors (Lipinski definition) is 2. The van der Waals surface area contributed by atoms with E-state index < -0.39 is 0 Å². The fourth-order valence-corrected chi connectivity index (χ4v) is 5.44. The molecule has 4 aromatic rings. The largest absolute Gasteiger partial charge is 0.507 e. The Labute approximate surface area is 319 Å². The number of aldehydes is 4. The number of carbonyl (C=O) groups is 4. The topological polar surface area (TPSA) is 164 Å². The predicted octanol–water partition coefficient (Wildman–Crippen LogP) is 8.22. The standard InChI is InChI=1S/C10H11BrO3.C10H12O3.C9H9BrO3.C9H10O3/c1-6-8(13-2)4-7(5-12)10(14-3)9(6)11;1-7-4-10(13-3)8(6-11)5-9(7)12-2;1-5-7(13-2)3-6(4-11)9(12)8(5)10;1-6-3-8(11)7(5-10)4-9(6)12-2/h4-5H,1-3H3;4-6H,1-3H3;3-4,12H,1-2H3;3-5,11H,1-2H3. The van der Waals surface area contributed by atoms with Crippen molar-refractivity contribution in [2.45, 2.75) is 27.7 Å². The molecule has 0 saturated carbocycles. The summed E-state index contributed by atoms with van der Waals surface area (Å²) in [5.74, 6) is 3.60. The predicted molar refractivity (Wildman–Crippen MR) is 204 cm³/mol. The van der Waals surface area contributed by atoms with Crippen LogP contribution in [0, 0.1) is 27.7 Å². The van der Waals surface area contributed by atoms with E-state index in [0.29, 0.717) is 62.7 Å². The van der Waals surface area contributed by atoms with E-state index in [9.17, 15) is 29.4 Å². The molecule has 0 heterocycles. The first-order valence-corrected chi connectivity index (χ1v) is 16.6. The molecule has 4 rings (SSSR count). The molecular weight excluding hydrogens is 808 g/mol. The summed E-state index contributed by atoms with van der Waals surface area (Å²) in [5.41, 5.74) is 4.88. The fraction of sp³-hybridized carbons (Fsp3) is 0.263. The van der Waals surface area contributed by atoms with Crippen molar-refractivity contribution in [2.24, 2.45) is 0 Å². The van der Waals surface area contributed by atoms with Crippen molar-refractivity contribution in [1.29, 1.82) is 0 Å². The first kappa shape index (κ1) is 44.9. The molecule has 4 aromatic carbocycles. The lowest BCUT2D eigenvalue weighted by atomic mass is 10.1. The van der Waals surface area contributed by atoms with Gasteiger partial charge >= 0.3 is 0 Å². The molecule has 0 aliphatic heterocycles. The Morgan fingerprint density at radius 2 is 0.846 bits per heavy atom. The van der Waals surface area contributed by atoms with Crippen molar-refractivity contribution in [2.75, 3.05) is 42.7 Å². The van der Waals surface area contributed by atoms with E-state index in [2.05, 4.69) is 31.9 Å². The minimum atomic E-state index is -0.0479. The third-order valence-electron chi connectivity index (χ3n) is 7.36. The number of phenolic OH excluding ortho intramolecular Hbond substituents is 2. The van der Waals surface area contributed by atoms with Gasteiger partial charge in [0.1, 0.15) is 46.0 Å². The van der Waals surface area contributed by atoms with Crippen molar-refractivity contribution < 1.29 is 57.8 Å². The van der Waals surface area contributed by atoms with Crippen molar-refractivity contribution in [3.63, 3.8) is 0 Å². The highest BCUT2D eigenvalue weighted by molar-refractivity contribution is 9.11. The van der Waals surface area contributed by atoms with Crippen molar-refractivity contribution in [3.05, 3.63) is 89.9 Å². The first-order chi connectivity index (χ1) is 24.7. The van der Waals surface area contributed by atoms with E-state index in [1.54, 1.807) is 46.3 Å². The van der Waals surface area contributed by atoms with Crippen LogP contribution in [0.1, 0.15) is 63.7 Å². The number of aromatic hydroxyl groups is 2. The number of hydrogen-bond acceptors (Lipinski definition) is 12. The van der Waals surface area contributed by atoms with Crippen molar-refractivity contribution in [1.82, 2.24) is 0 Å². The normalized spacial score (nSPS) is 9.62.